The molecule has 2 heterocycles. The summed E-state index contributed by atoms with van der Waals surface area (Å²) in [6.07, 6.45) is 5.10. The van der Waals surface area contributed by atoms with Gasteiger partial charge in [-0.1, -0.05) is 18.5 Å². The van der Waals surface area contributed by atoms with E-state index >= 15 is 0 Å². The van der Waals surface area contributed by atoms with Crippen molar-refractivity contribution in [2.45, 2.75) is 18.2 Å². The van der Waals surface area contributed by atoms with Gasteiger partial charge in [-0.15, -0.1) is 0 Å². The summed E-state index contributed by atoms with van der Waals surface area (Å²) < 4.78 is 27.2. The number of nitrogens with zero attached hydrogens (tertiary/aromatic N) is 2. The van der Waals surface area contributed by atoms with Crippen molar-refractivity contribution in [1.29, 1.82) is 0 Å². The highest BCUT2D eigenvalue weighted by Gasteiger charge is 2.19. The molecular weight excluding hydrogens is 312 g/mol. The van der Waals surface area contributed by atoms with Crippen molar-refractivity contribution >= 4 is 33.1 Å². The standard InChI is InChI=1S/C13H15ClN4O2S/c1-2-6-16-11-5-7-15-9-12(11)21(19,20)18-13-4-3-10(14)8-17-13/h3-5,7-9H,2,6H2,1H3,(H,15,16)(H,17,18). The van der Waals surface area contributed by atoms with E-state index in [1.54, 1.807) is 12.1 Å². The molecule has 0 bridgehead atoms. The first-order chi connectivity index (χ1) is 10.0. The topological polar surface area (TPSA) is 84.0 Å². The van der Waals surface area contributed by atoms with E-state index in [1.165, 1.54) is 24.7 Å². The van der Waals surface area contributed by atoms with Crippen molar-refractivity contribution in [3.05, 3.63) is 41.8 Å². The van der Waals surface area contributed by atoms with Crippen LogP contribution in [-0.2, 0) is 10.0 Å². The molecule has 8 heteroatoms. The summed E-state index contributed by atoms with van der Waals surface area (Å²) in [6.45, 7) is 2.67. The molecule has 2 aromatic rings. The van der Waals surface area contributed by atoms with E-state index in [0.717, 1.165) is 6.42 Å². The minimum absolute atomic E-state index is 0.0789. The Labute approximate surface area is 128 Å². The first-order valence-electron chi connectivity index (χ1n) is 6.35. The summed E-state index contributed by atoms with van der Waals surface area (Å²) in [5.41, 5.74) is 0.508. The maximum Gasteiger partial charge on any atom is 0.266 e. The van der Waals surface area contributed by atoms with Crippen LogP contribution in [0.5, 0.6) is 0 Å². The SMILES string of the molecule is CCCNc1ccncc1S(=O)(=O)Nc1ccc(Cl)cn1. The molecule has 2 aromatic heterocycles. The highest BCUT2D eigenvalue weighted by atomic mass is 35.5. The van der Waals surface area contributed by atoms with E-state index in [-0.39, 0.29) is 10.7 Å². The maximum absolute atomic E-state index is 12.4. The monoisotopic (exact) mass is 326 g/mol. The quantitative estimate of drug-likeness (QED) is 0.852. The minimum Gasteiger partial charge on any atom is -0.384 e. The average molecular weight is 327 g/mol. The first-order valence-corrected chi connectivity index (χ1v) is 8.21. The average Bonchev–Trinajstić information content (AvgIpc) is 2.47. The smallest absolute Gasteiger partial charge is 0.266 e. The molecular formula is C13H15ClN4O2S. The fourth-order valence-corrected chi connectivity index (χ4v) is 2.88. The molecule has 2 N–H and O–H groups in total. The summed E-state index contributed by atoms with van der Waals surface area (Å²) in [4.78, 5) is 7.87. The van der Waals surface area contributed by atoms with Crippen LogP contribution >= 0.6 is 11.6 Å². The molecule has 0 saturated carbocycles. The lowest BCUT2D eigenvalue weighted by Crippen LogP contribution is -2.16. The molecule has 0 fully saturated rings. The molecule has 0 amide bonds. The molecule has 0 spiro atoms. The van der Waals surface area contributed by atoms with Gasteiger partial charge >= 0.3 is 0 Å². The highest BCUT2D eigenvalue weighted by molar-refractivity contribution is 7.92. The number of aromatic nitrogens is 2. The highest BCUT2D eigenvalue weighted by Crippen LogP contribution is 2.22. The van der Waals surface area contributed by atoms with Crippen LogP contribution in [0.4, 0.5) is 11.5 Å². The molecule has 0 aromatic carbocycles. The number of hydrogen-bond acceptors (Lipinski definition) is 5. The van der Waals surface area contributed by atoms with E-state index in [4.69, 9.17) is 11.6 Å². The second-order valence-electron chi connectivity index (χ2n) is 4.27. The van der Waals surface area contributed by atoms with E-state index < -0.39 is 10.0 Å². The zero-order chi connectivity index (χ0) is 15.3. The van der Waals surface area contributed by atoms with Crippen LogP contribution in [0.3, 0.4) is 0 Å². The summed E-state index contributed by atoms with van der Waals surface area (Å²) in [6, 6.07) is 4.68. The van der Waals surface area contributed by atoms with Crippen molar-refractivity contribution in [2.24, 2.45) is 0 Å². The zero-order valence-corrected chi connectivity index (χ0v) is 12.9. The Morgan fingerprint density at radius 3 is 2.71 bits per heavy atom. The largest absolute Gasteiger partial charge is 0.384 e. The molecule has 0 unspecified atom stereocenters. The van der Waals surface area contributed by atoms with Crippen LogP contribution < -0.4 is 10.0 Å². The van der Waals surface area contributed by atoms with E-state index in [1.807, 2.05) is 6.92 Å². The molecule has 0 aliphatic rings. The third kappa shape index (κ3) is 4.05. The molecule has 0 aliphatic heterocycles. The second kappa shape index (κ2) is 6.73. The van der Waals surface area contributed by atoms with Gasteiger partial charge in [0.1, 0.15) is 10.7 Å². The van der Waals surface area contributed by atoms with Gasteiger partial charge in [0.05, 0.1) is 10.7 Å². The number of sulfonamides is 1. The number of rotatable bonds is 6. The third-order valence-electron chi connectivity index (χ3n) is 2.61. The summed E-state index contributed by atoms with van der Waals surface area (Å²) in [5.74, 6) is 0.199. The summed E-state index contributed by atoms with van der Waals surface area (Å²) in [7, 11) is -3.77. The minimum atomic E-state index is -3.77. The number of hydrogen-bond donors (Lipinski definition) is 2. The Kier molecular flexibility index (Phi) is 4.98. The summed E-state index contributed by atoms with van der Waals surface area (Å²) in [5, 5.41) is 3.50. The Morgan fingerprint density at radius 2 is 2.05 bits per heavy atom. The molecule has 0 radical (unpaired) electrons. The van der Waals surface area contributed by atoms with Gasteiger partial charge in [-0.05, 0) is 24.6 Å². The number of nitrogens with one attached hydrogen (secondary N) is 2. The molecule has 6 nitrogen and oxygen atoms in total. The van der Waals surface area contributed by atoms with Crippen LogP contribution in [0.15, 0.2) is 41.7 Å². The van der Waals surface area contributed by atoms with Gasteiger partial charge in [0.25, 0.3) is 10.0 Å². The van der Waals surface area contributed by atoms with Crippen molar-refractivity contribution < 1.29 is 8.42 Å². The Hall–Kier alpha value is -1.86. The van der Waals surface area contributed by atoms with Crippen LogP contribution in [0, 0.1) is 0 Å². The van der Waals surface area contributed by atoms with Crippen molar-refractivity contribution in [3.63, 3.8) is 0 Å². The molecule has 0 aliphatic carbocycles. The van der Waals surface area contributed by atoms with Crippen molar-refractivity contribution in [3.8, 4) is 0 Å². The molecule has 21 heavy (non-hydrogen) atoms. The van der Waals surface area contributed by atoms with E-state index in [0.29, 0.717) is 17.3 Å². The lowest BCUT2D eigenvalue weighted by atomic mass is 10.4. The van der Waals surface area contributed by atoms with Crippen LogP contribution in [0.1, 0.15) is 13.3 Å². The molecule has 112 valence electrons. The van der Waals surface area contributed by atoms with E-state index in [2.05, 4.69) is 20.0 Å². The maximum atomic E-state index is 12.4. The fourth-order valence-electron chi connectivity index (χ4n) is 1.63. The number of pyridine rings is 2. The van der Waals surface area contributed by atoms with Crippen molar-refractivity contribution in [2.75, 3.05) is 16.6 Å². The number of anilines is 2. The molecule has 0 saturated heterocycles. The van der Waals surface area contributed by atoms with Gasteiger partial charge in [-0.25, -0.2) is 13.4 Å². The Bertz CT molecular complexity index is 704. The Morgan fingerprint density at radius 1 is 1.24 bits per heavy atom. The predicted octanol–water partition coefficient (Wildman–Crippen LogP) is 2.75. The molecule has 2 rings (SSSR count). The lowest BCUT2D eigenvalue weighted by molar-refractivity contribution is 0.601. The molecule has 0 atom stereocenters. The van der Waals surface area contributed by atoms with Gasteiger partial charge < -0.3 is 5.32 Å². The Balaban J connectivity index is 2.29. The normalized spacial score (nSPS) is 11.1. The van der Waals surface area contributed by atoms with Gasteiger partial charge in [0.2, 0.25) is 0 Å². The van der Waals surface area contributed by atoms with Gasteiger partial charge in [0, 0.05) is 25.1 Å². The van der Waals surface area contributed by atoms with Gasteiger partial charge in [-0.3, -0.25) is 9.71 Å². The first kappa shape index (κ1) is 15.5. The second-order valence-corrected chi connectivity index (χ2v) is 6.35. The number of halogens is 1. The van der Waals surface area contributed by atoms with Crippen LogP contribution in [0.25, 0.3) is 0 Å². The zero-order valence-electron chi connectivity index (χ0n) is 11.4. The van der Waals surface area contributed by atoms with E-state index in [9.17, 15) is 8.42 Å². The van der Waals surface area contributed by atoms with Gasteiger partial charge in [0.15, 0.2) is 0 Å². The van der Waals surface area contributed by atoms with Crippen molar-refractivity contribution in [1.82, 2.24) is 9.97 Å². The fraction of sp³-hybridized carbons (Fsp3) is 0.231. The summed E-state index contributed by atoms with van der Waals surface area (Å²) >= 11 is 5.72. The lowest BCUT2D eigenvalue weighted by Gasteiger charge is -2.12. The third-order valence-corrected chi connectivity index (χ3v) is 4.21. The van der Waals surface area contributed by atoms with Crippen LogP contribution in [0.2, 0.25) is 5.02 Å². The predicted molar refractivity (Wildman–Crippen MR) is 83.1 cm³/mol. The van der Waals surface area contributed by atoms with Gasteiger partial charge in [-0.2, -0.15) is 0 Å². The van der Waals surface area contributed by atoms with Crippen LogP contribution in [-0.4, -0.2) is 24.9 Å².